The number of ketones is 1. The van der Waals surface area contributed by atoms with Gasteiger partial charge in [0.2, 0.25) is 6.29 Å². The third kappa shape index (κ3) is 4.49. The minimum Gasteiger partial charge on any atom is -0.462 e. The Morgan fingerprint density at radius 3 is 2.35 bits per heavy atom. The van der Waals surface area contributed by atoms with Gasteiger partial charge < -0.3 is 34.7 Å². The maximum absolute atomic E-state index is 11.0. The van der Waals surface area contributed by atoms with Crippen LogP contribution in [0.25, 0.3) is 0 Å². The predicted molar refractivity (Wildman–Crippen MR) is 79.8 cm³/mol. The van der Waals surface area contributed by atoms with Crippen molar-refractivity contribution in [1.29, 1.82) is 0 Å². The van der Waals surface area contributed by atoms with Gasteiger partial charge in [-0.3, -0.25) is 0 Å². The second-order valence-corrected chi connectivity index (χ2v) is 5.66. The molecule has 7 nitrogen and oxygen atoms in total. The van der Waals surface area contributed by atoms with Gasteiger partial charge in [-0.2, -0.15) is 0 Å². The summed E-state index contributed by atoms with van der Waals surface area (Å²) in [4.78, 5) is 11.0. The Morgan fingerprint density at radius 2 is 1.78 bits per heavy atom. The van der Waals surface area contributed by atoms with E-state index in [0.29, 0.717) is 18.6 Å². The molecule has 0 radical (unpaired) electrons. The van der Waals surface area contributed by atoms with Crippen LogP contribution in [0.1, 0.15) is 18.9 Å². The SMILES string of the molecule is CC(=O)CCc1ccc(O[C@@H]2O[C@H](CO)[C@@H](O)[C@@H](O)[C@H]2O)cc1. The lowest BCUT2D eigenvalue weighted by Gasteiger charge is -2.39. The molecule has 0 bridgehead atoms. The molecule has 1 saturated heterocycles. The van der Waals surface area contributed by atoms with Crippen molar-refractivity contribution >= 4 is 5.78 Å². The second-order valence-electron chi connectivity index (χ2n) is 5.66. The molecule has 1 aliphatic heterocycles. The number of benzene rings is 1. The lowest BCUT2D eigenvalue weighted by Crippen LogP contribution is -2.60. The van der Waals surface area contributed by atoms with Gasteiger partial charge in [0.05, 0.1) is 6.61 Å². The van der Waals surface area contributed by atoms with E-state index in [-0.39, 0.29) is 5.78 Å². The first-order chi connectivity index (χ1) is 10.9. The summed E-state index contributed by atoms with van der Waals surface area (Å²) in [6, 6.07) is 6.92. The molecule has 4 N–H and O–H groups in total. The number of Topliss-reactive ketones (excluding diaryl/α,β-unsaturated/α-hetero) is 1. The summed E-state index contributed by atoms with van der Waals surface area (Å²) >= 11 is 0. The number of ether oxygens (including phenoxy) is 2. The normalized spacial score (nSPS) is 30.9. The standard InChI is InChI=1S/C16H22O7/c1-9(18)2-3-10-4-6-11(7-5-10)22-16-15(21)14(20)13(19)12(8-17)23-16/h4-7,12-17,19-21H,2-3,8H2,1H3/t12-,13-,14-,15-,16-/m1/s1. The maximum atomic E-state index is 11.0. The van der Waals surface area contributed by atoms with Crippen LogP contribution < -0.4 is 4.74 Å². The molecule has 1 fully saturated rings. The lowest BCUT2D eigenvalue weighted by molar-refractivity contribution is -0.277. The molecule has 0 spiro atoms. The molecule has 7 heteroatoms. The fourth-order valence-corrected chi connectivity index (χ4v) is 2.35. The molecule has 5 atom stereocenters. The zero-order valence-corrected chi connectivity index (χ0v) is 12.8. The monoisotopic (exact) mass is 326 g/mol. The average Bonchev–Trinajstić information content (AvgIpc) is 2.54. The van der Waals surface area contributed by atoms with Crippen molar-refractivity contribution in [2.24, 2.45) is 0 Å². The molecule has 1 aromatic carbocycles. The van der Waals surface area contributed by atoms with Gasteiger partial charge in [0.15, 0.2) is 0 Å². The summed E-state index contributed by atoms with van der Waals surface area (Å²) < 4.78 is 10.7. The number of hydrogen-bond donors (Lipinski definition) is 4. The third-order valence-corrected chi connectivity index (χ3v) is 3.79. The van der Waals surface area contributed by atoms with Gasteiger partial charge >= 0.3 is 0 Å². The van der Waals surface area contributed by atoms with E-state index >= 15 is 0 Å². The summed E-state index contributed by atoms with van der Waals surface area (Å²) in [7, 11) is 0. The number of aliphatic hydroxyl groups excluding tert-OH is 4. The number of carbonyl (C=O) groups excluding carboxylic acids is 1. The molecule has 1 heterocycles. The number of aryl methyl sites for hydroxylation is 1. The highest BCUT2D eigenvalue weighted by Gasteiger charge is 2.44. The zero-order valence-electron chi connectivity index (χ0n) is 12.8. The summed E-state index contributed by atoms with van der Waals surface area (Å²) in [6.45, 7) is 1.03. The molecule has 2 rings (SSSR count). The van der Waals surface area contributed by atoms with Crippen LogP contribution in [-0.4, -0.2) is 63.5 Å². The molecule has 0 saturated carbocycles. The highest BCUT2D eigenvalue weighted by atomic mass is 16.7. The summed E-state index contributed by atoms with van der Waals surface area (Å²) in [5, 5.41) is 38.4. The quantitative estimate of drug-likeness (QED) is 0.551. The Hall–Kier alpha value is -1.51. The molecular formula is C16H22O7. The van der Waals surface area contributed by atoms with Crippen LogP contribution >= 0.6 is 0 Å². The van der Waals surface area contributed by atoms with E-state index in [4.69, 9.17) is 14.6 Å². The smallest absolute Gasteiger partial charge is 0.229 e. The Kier molecular flexibility index (Phi) is 6.09. The molecular weight excluding hydrogens is 304 g/mol. The first-order valence-electron chi connectivity index (χ1n) is 7.48. The Bertz CT molecular complexity index is 514. The van der Waals surface area contributed by atoms with E-state index in [1.807, 2.05) is 0 Å². The van der Waals surface area contributed by atoms with Crippen molar-refractivity contribution in [3.63, 3.8) is 0 Å². The highest BCUT2D eigenvalue weighted by molar-refractivity contribution is 5.75. The highest BCUT2D eigenvalue weighted by Crippen LogP contribution is 2.24. The Balaban J connectivity index is 1.99. The molecule has 0 amide bonds. The van der Waals surface area contributed by atoms with Gasteiger partial charge in [-0.25, -0.2) is 0 Å². The van der Waals surface area contributed by atoms with E-state index in [2.05, 4.69) is 0 Å². The molecule has 0 aromatic heterocycles. The van der Waals surface area contributed by atoms with Gasteiger partial charge in [-0.1, -0.05) is 12.1 Å². The largest absolute Gasteiger partial charge is 0.462 e. The topological polar surface area (TPSA) is 116 Å². The molecule has 0 aliphatic carbocycles. The lowest BCUT2D eigenvalue weighted by atomic mass is 9.99. The van der Waals surface area contributed by atoms with Crippen LogP contribution in [0, 0.1) is 0 Å². The molecule has 0 unspecified atom stereocenters. The van der Waals surface area contributed by atoms with Crippen molar-refractivity contribution in [1.82, 2.24) is 0 Å². The minimum atomic E-state index is -1.47. The first kappa shape index (κ1) is 17.8. The van der Waals surface area contributed by atoms with E-state index < -0.39 is 37.3 Å². The second kappa shape index (κ2) is 7.85. The van der Waals surface area contributed by atoms with Crippen LogP contribution in [0.2, 0.25) is 0 Å². The average molecular weight is 326 g/mol. The maximum Gasteiger partial charge on any atom is 0.229 e. The summed E-state index contributed by atoms with van der Waals surface area (Å²) in [5.74, 6) is 0.521. The number of carbonyl (C=O) groups is 1. The molecule has 23 heavy (non-hydrogen) atoms. The van der Waals surface area contributed by atoms with Crippen LogP contribution in [0.3, 0.4) is 0 Å². The van der Waals surface area contributed by atoms with Crippen LogP contribution in [0.4, 0.5) is 0 Å². The number of hydrogen-bond acceptors (Lipinski definition) is 7. The van der Waals surface area contributed by atoms with Crippen molar-refractivity contribution in [2.75, 3.05) is 6.61 Å². The van der Waals surface area contributed by atoms with Crippen LogP contribution in [0.5, 0.6) is 5.75 Å². The van der Waals surface area contributed by atoms with Crippen molar-refractivity contribution in [3.05, 3.63) is 29.8 Å². The van der Waals surface area contributed by atoms with Crippen LogP contribution in [0.15, 0.2) is 24.3 Å². The van der Waals surface area contributed by atoms with E-state index in [1.165, 1.54) is 6.92 Å². The van der Waals surface area contributed by atoms with E-state index in [1.54, 1.807) is 24.3 Å². The number of aliphatic hydroxyl groups is 4. The zero-order chi connectivity index (χ0) is 17.0. The predicted octanol–water partition coefficient (Wildman–Crippen LogP) is -0.613. The third-order valence-electron chi connectivity index (χ3n) is 3.79. The van der Waals surface area contributed by atoms with Gasteiger partial charge in [0, 0.05) is 6.42 Å². The summed E-state index contributed by atoms with van der Waals surface area (Å²) in [6.07, 6.45) is -5.43. The summed E-state index contributed by atoms with van der Waals surface area (Å²) in [5.41, 5.74) is 0.973. The molecule has 128 valence electrons. The Morgan fingerprint density at radius 1 is 1.13 bits per heavy atom. The minimum absolute atomic E-state index is 0.117. The fraction of sp³-hybridized carbons (Fsp3) is 0.562. The van der Waals surface area contributed by atoms with Gasteiger partial charge in [0.1, 0.15) is 35.9 Å². The van der Waals surface area contributed by atoms with Gasteiger partial charge in [-0.05, 0) is 31.0 Å². The van der Waals surface area contributed by atoms with Crippen LogP contribution in [-0.2, 0) is 16.0 Å². The van der Waals surface area contributed by atoms with Crippen molar-refractivity contribution in [3.8, 4) is 5.75 Å². The molecule has 1 aromatic rings. The first-order valence-corrected chi connectivity index (χ1v) is 7.48. The van der Waals surface area contributed by atoms with Gasteiger partial charge in [-0.15, -0.1) is 0 Å². The fourth-order valence-electron chi connectivity index (χ4n) is 2.35. The molecule has 1 aliphatic rings. The van der Waals surface area contributed by atoms with E-state index in [9.17, 15) is 20.1 Å². The van der Waals surface area contributed by atoms with Crippen molar-refractivity contribution in [2.45, 2.75) is 50.5 Å². The Labute approximate surface area is 134 Å². The van der Waals surface area contributed by atoms with Crippen molar-refractivity contribution < 1.29 is 34.7 Å². The number of rotatable bonds is 6. The van der Waals surface area contributed by atoms with E-state index in [0.717, 1.165) is 5.56 Å². The van der Waals surface area contributed by atoms with Gasteiger partial charge in [0.25, 0.3) is 0 Å².